The molecule has 1 heterocycles. The van der Waals surface area contributed by atoms with Crippen molar-refractivity contribution in [2.45, 2.75) is 18.7 Å². The summed E-state index contributed by atoms with van der Waals surface area (Å²) >= 11 is 0. The van der Waals surface area contributed by atoms with Crippen molar-refractivity contribution in [1.29, 1.82) is 0 Å². The molecule has 0 saturated carbocycles. The van der Waals surface area contributed by atoms with Crippen molar-refractivity contribution in [2.75, 3.05) is 4.72 Å². The van der Waals surface area contributed by atoms with E-state index in [1.165, 1.54) is 12.1 Å². The first-order chi connectivity index (χ1) is 12.0. The highest BCUT2D eigenvalue weighted by Gasteiger charge is 2.18. The number of anilines is 1. The van der Waals surface area contributed by atoms with E-state index in [1.54, 1.807) is 26.0 Å². The lowest BCUT2D eigenvalue weighted by Crippen LogP contribution is -2.13. The number of aryl methyl sites for hydroxylation is 1. The average Bonchev–Trinajstić information content (AvgIpc) is 2.93. The number of nitrogens with one attached hydrogen (secondary N) is 1. The summed E-state index contributed by atoms with van der Waals surface area (Å²) in [7, 11) is -3.74. The van der Waals surface area contributed by atoms with Crippen molar-refractivity contribution in [2.24, 2.45) is 0 Å². The van der Waals surface area contributed by atoms with Crippen molar-refractivity contribution >= 4 is 15.9 Å². The molecule has 126 valence electrons. The molecule has 1 aromatic heterocycles. The highest BCUT2D eigenvalue weighted by atomic mass is 32.2. The van der Waals surface area contributed by atoms with Crippen LogP contribution in [0.1, 0.15) is 22.4 Å². The Morgan fingerprint density at radius 2 is 1.52 bits per heavy atom. The van der Waals surface area contributed by atoms with Gasteiger partial charge in [-0.2, -0.15) is 0 Å². The predicted octanol–water partition coefficient (Wildman–Crippen LogP) is 3.49. The number of benzene rings is 2. The number of hydrogen-bond acceptors (Lipinski definition) is 4. The number of hydrogen-bond donors (Lipinski definition) is 1. The monoisotopic (exact) mass is 352 g/mol. The summed E-state index contributed by atoms with van der Waals surface area (Å²) in [5.41, 5.74) is 2.93. The lowest BCUT2D eigenvalue weighted by Gasteiger charge is -2.05. The fourth-order valence-electron chi connectivity index (χ4n) is 2.07. The molecule has 3 aromatic rings. The SMILES string of the molecule is Cc1noc(NS(=O)(=O)c2ccc(C#Cc3ccccc3)cc2)c1C. The van der Waals surface area contributed by atoms with E-state index in [2.05, 4.69) is 21.7 Å². The van der Waals surface area contributed by atoms with Gasteiger partial charge in [0.05, 0.1) is 10.6 Å². The van der Waals surface area contributed by atoms with Gasteiger partial charge in [0.2, 0.25) is 5.88 Å². The van der Waals surface area contributed by atoms with Crippen LogP contribution in [-0.2, 0) is 10.0 Å². The Morgan fingerprint density at radius 1 is 0.920 bits per heavy atom. The Balaban J connectivity index is 1.80. The minimum atomic E-state index is -3.74. The van der Waals surface area contributed by atoms with E-state index in [-0.39, 0.29) is 10.8 Å². The quantitative estimate of drug-likeness (QED) is 0.733. The van der Waals surface area contributed by atoms with Gasteiger partial charge in [-0.3, -0.25) is 0 Å². The number of aromatic nitrogens is 1. The molecule has 0 fully saturated rings. The first kappa shape index (κ1) is 16.8. The lowest BCUT2D eigenvalue weighted by atomic mass is 10.2. The average molecular weight is 352 g/mol. The van der Waals surface area contributed by atoms with Crippen LogP contribution in [0.25, 0.3) is 0 Å². The Hall–Kier alpha value is -3.04. The molecule has 0 aliphatic heterocycles. The Morgan fingerprint density at radius 3 is 2.08 bits per heavy atom. The van der Waals surface area contributed by atoms with Crippen LogP contribution in [0.5, 0.6) is 0 Å². The Bertz CT molecular complexity index is 1040. The second-order valence-corrected chi connectivity index (χ2v) is 7.15. The molecule has 0 spiro atoms. The third-order valence-electron chi connectivity index (χ3n) is 3.67. The van der Waals surface area contributed by atoms with Gasteiger partial charge in [-0.1, -0.05) is 35.2 Å². The molecule has 0 amide bonds. The molecule has 5 nitrogen and oxygen atoms in total. The largest absolute Gasteiger partial charge is 0.337 e. The fraction of sp³-hybridized carbons (Fsp3) is 0.105. The van der Waals surface area contributed by atoms with E-state index >= 15 is 0 Å². The van der Waals surface area contributed by atoms with Crippen LogP contribution in [-0.4, -0.2) is 13.6 Å². The molecular formula is C19H16N2O3S. The van der Waals surface area contributed by atoms with Crippen LogP contribution in [0, 0.1) is 25.7 Å². The zero-order valence-electron chi connectivity index (χ0n) is 13.8. The van der Waals surface area contributed by atoms with E-state index in [0.29, 0.717) is 11.3 Å². The third kappa shape index (κ3) is 3.90. The van der Waals surface area contributed by atoms with E-state index in [4.69, 9.17) is 4.52 Å². The summed E-state index contributed by atoms with van der Waals surface area (Å²) in [4.78, 5) is 0.131. The van der Waals surface area contributed by atoms with E-state index in [1.807, 2.05) is 30.3 Å². The molecule has 1 N–H and O–H groups in total. The topological polar surface area (TPSA) is 72.2 Å². The molecule has 0 radical (unpaired) electrons. The van der Waals surface area contributed by atoms with Crippen LogP contribution in [0.3, 0.4) is 0 Å². The van der Waals surface area contributed by atoms with Gasteiger partial charge in [0.25, 0.3) is 10.0 Å². The van der Waals surface area contributed by atoms with Crippen molar-refractivity contribution in [1.82, 2.24) is 5.16 Å². The zero-order valence-corrected chi connectivity index (χ0v) is 14.6. The van der Waals surface area contributed by atoms with Crippen LogP contribution in [0.2, 0.25) is 0 Å². The molecule has 0 bridgehead atoms. The van der Waals surface area contributed by atoms with Crippen LogP contribution >= 0.6 is 0 Å². The summed E-state index contributed by atoms with van der Waals surface area (Å²) in [5, 5.41) is 3.74. The summed E-state index contributed by atoms with van der Waals surface area (Å²) in [6.07, 6.45) is 0. The minimum absolute atomic E-state index is 0.130. The van der Waals surface area contributed by atoms with Crippen LogP contribution < -0.4 is 4.72 Å². The van der Waals surface area contributed by atoms with Crippen molar-refractivity contribution in [3.63, 3.8) is 0 Å². The molecule has 0 saturated heterocycles. The Labute approximate surface area is 146 Å². The highest BCUT2D eigenvalue weighted by molar-refractivity contribution is 7.92. The summed E-state index contributed by atoms with van der Waals surface area (Å²) in [6, 6.07) is 15.9. The molecule has 25 heavy (non-hydrogen) atoms. The van der Waals surface area contributed by atoms with E-state index in [9.17, 15) is 8.42 Å². The zero-order chi connectivity index (χ0) is 17.9. The Kier molecular flexibility index (Phi) is 4.59. The number of rotatable bonds is 3. The van der Waals surface area contributed by atoms with Gasteiger partial charge in [0.1, 0.15) is 0 Å². The number of sulfonamides is 1. The molecule has 0 atom stereocenters. The third-order valence-corrected chi connectivity index (χ3v) is 5.02. The van der Waals surface area contributed by atoms with Gasteiger partial charge in [0, 0.05) is 16.7 Å². The summed E-state index contributed by atoms with van der Waals surface area (Å²) in [5.74, 6) is 6.17. The second-order valence-electron chi connectivity index (χ2n) is 5.47. The van der Waals surface area contributed by atoms with Crippen LogP contribution in [0.4, 0.5) is 5.88 Å². The molecule has 0 aliphatic rings. The van der Waals surface area contributed by atoms with Crippen molar-refractivity contribution in [3.8, 4) is 11.8 Å². The maximum Gasteiger partial charge on any atom is 0.264 e. The number of nitrogens with zero attached hydrogens (tertiary/aromatic N) is 1. The maximum absolute atomic E-state index is 12.4. The maximum atomic E-state index is 12.4. The smallest absolute Gasteiger partial charge is 0.264 e. The molecule has 6 heteroatoms. The first-order valence-electron chi connectivity index (χ1n) is 7.58. The molecule has 3 rings (SSSR count). The van der Waals surface area contributed by atoms with Gasteiger partial charge in [-0.15, -0.1) is 0 Å². The van der Waals surface area contributed by atoms with Crippen molar-refractivity contribution < 1.29 is 12.9 Å². The van der Waals surface area contributed by atoms with E-state index in [0.717, 1.165) is 11.1 Å². The van der Waals surface area contributed by atoms with Crippen molar-refractivity contribution in [3.05, 3.63) is 77.0 Å². The molecule has 0 unspecified atom stereocenters. The fourth-order valence-corrected chi connectivity index (χ4v) is 3.12. The standard InChI is InChI=1S/C19H16N2O3S/c1-14-15(2)20-24-19(14)21-25(22,23)18-12-10-17(11-13-18)9-8-16-6-4-3-5-7-16/h3-7,10-13,21H,1-2H3. The van der Waals surface area contributed by atoms with Gasteiger partial charge in [-0.25, -0.2) is 13.1 Å². The lowest BCUT2D eigenvalue weighted by molar-refractivity contribution is 0.430. The van der Waals surface area contributed by atoms with Gasteiger partial charge in [0.15, 0.2) is 0 Å². The highest BCUT2D eigenvalue weighted by Crippen LogP contribution is 2.21. The second kappa shape index (κ2) is 6.83. The summed E-state index contributed by atoms with van der Waals surface area (Å²) < 4.78 is 32.2. The van der Waals surface area contributed by atoms with Gasteiger partial charge in [-0.05, 0) is 50.2 Å². The molecule has 2 aromatic carbocycles. The predicted molar refractivity (Wildman–Crippen MR) is 95.6 cm³/mol. The normalized spacial score (nSPS) is 10.8. The first-order valence-corrected chi connectivity index (χ1v) is 9.07. The van der Waals surface area contributed by atoms with Gasteiger partial charge >= 0.3 is 0 Å². The van der Waals surface area contributed by atoms with E-state index < -0.39 is 10.0 Å². The minimum Gasteiger partial charge on any atom is -0.337 e. The molecule has 0 aliphatic carbocycles. The van der Waals surface area contributed by atoms with Gasteiger partial charge < -0.3 is 4.52 Å². The molecular weight excluding hydrogens is 336 g/mol. The summed E-state index contributed by atoms with van der Waals surface area (Å²) in [6.45, 7) is 3.49. The van der Waals surface area contributed by atoms with Crippen LogP contribution in [0.15, 0.2) is 64.0 Å².